The molecular formula is C18H32. The van der Waals surface area contributed by atoms with E-state index < -0.39 is 0 Å². The van der Waals surface area contributed by atoms with Gasteiger partial charge in [-0.15, -0.1) is 0 Å². The monoisotopic (exact) mass is 248 g/mol. The van der Waals surface area contributed by atoms with Crippen molar-refractivity contribution in [2.45, 2.75) is 86.5 Å². The van der Waals surface area contributed by atoms with Crippen molar-refractivity contribution < 1.29 is 0 Å². The highest BCUT2D eigenvalue weighted by Gasteiger charge is 2.55. The highest BCUT2D eigenvalue weighted by molar-refractivity contribution is 5.32. The van der Waals surface area contributed by atoms with Crippen LogP contribution in [-0.2, 0) is 0 Å². The van der Waals surface area contributed by atoms with Gasteiger partial charge in [0, 0.05) is 5.41 Å². The second-order valence-corrected chi connectivity index (χ2v) is 8.55. The Morgan fingerprint density at radius 3 is 1.67 bits per heavy atom. The molecule has 0 aliphatic heterocycles. The third-order valence-corrected chi connectivity index (χ3v) is 5.69. The molecule has 2 fully saturated rings. The van der Waals surface area contributed by atoms with E-state index in [-0.39, 0.29) is 0 Å². The summed E-state index contributed by atoms with van der Waals surface area (Å²) in [6, 6.07) is 0. The minimum absolute atomic E-state index is 0.382. The van der Waals surface area contributed by atoms with Crippen LogP contribution >= 0.6 is 0 Å². The van der Waals surface area contributed by atoms with Gasteiger partial charge in [-0.3, -0.25) is 0 Å². The summed E-state index contributed by atoms with van der Waals surface area (Å²) >= 11 is 0. The second kappa shape index (κ2) is 4.39. The summed E-state index contributed by atoms with van der Waals surface area (Å²) in [6.45, 7) is 14.8. The molecule has 0 saturated heterocycles. The average molecular weight is 248 g/mol. The summed E-state index contributed by atoms with van der Waals surface area (Å²) in [6.07, 6.45) is 9.84. The van der Waals surface area contributed by atoms with Gasteiger partial charge >= 0.3 is 0 Å². The molecule has 0 heterocycles. The van der Waals surface area contributed by atoms with Crippen LogP contribution in [0.2, 0.25) is 0 Å². The summed E-state index contributed by atoms with van der Waals surface area (Å²) in [5.41, 5.74) is 4.91. The Bertz CT molecular complexity index is 321. The van der Waals surface area contributed by atoms with Crippen molar-refractivity contribution in [3.8, 4) is 0 Å². The Morgan fingerprint density at radius 2 is 1.22 bits per heavy atom. The molecule has 104 valence electrons. The number of allylic oxidation sites excluding steroid dienone is 2. The molecule has 0 aromatic heterocycles. The number of rotatable bonds is 0. The summed E-state index contributed by atoms with van der Waals surface area (Å²) in [5, 5.41) is 0. The van der Waals surface area contributed by atoms with Crippen LogP contribution in [0, 0.1) is 16.2 Å². The first-order chi connectivity index (χ1) is 8.20. The Morgan fingerprint density at radius 1 is 0.722 bits per heavy atom. The zero-order valence-electron chi connectivity index (χ0n) is 13.4. The van der Waals surface area contributed by atoms with Crippen molar-refractivity contribution in [3.05, 3.63) is 11.1 Å². The number of hydrogen-bond donors (Lipinski definition) is 0. The molecule has 2 aliphatic carbocycles. The highest BCUT2D eigenvalue weighted by atomic mass is 14.6. The molecule has 2 rings (SSSR count). The van der Waals surface area contributed by atoms with Crippen LogP contribution in [0.15, 0.2) is 11.1 Å². The van der Waals surface area contributed by atoms with Crippen molar-refractivity contribution >= 4 is 0 Å². The van der Waals surface area contributed by atoms with E-state index >= 15 is 0 Å². The van der Waals surface area contributed by atoms with Crippen molar-refractivity contribution in [1.29, 1.82) is 0 Å². The third kappa shape index (κ3) is 1.96. The molecule has 0 radical (unpaired) electrons. The molecule has 2 saturated carbocycles. The Hall–Kier alpha value is -0.260. The SMILES string of the molecule is CC(C)(C)C1(C(C)(C)C)CCCC1=C1CCCC1. The van der Waals surface area contributed by atoms with E-state index in [4.69, 9.17) is 0 Å². The average Bonchev–Trinajstić information content (AvgIpc) is 2.84. The van der Waals surface area contributed by atoms with Gasteiger partial charge in [0.15, 0.2) is 0 Å². The van der Waals surface area contributed by atoms with Gasteiger partial charge < -0.3 is 0 Å². The minimum atomic E-state index is 0.382. The van der Waals surface area contributed by atoms with E-state index in [1.807, 2.05) is 11.1 Å². The molecule has 0 N–H and O–H groups in total. The molecule has 2 aliphatic rings. The van der Waals surface area contributed by atoms with Gasteiger partial charge in [-0.2, -0.15) is 0 Å². The molecule has 0 spiro atoms. The molecule has 0 amide bonds. The minimum Gasteiger partial charge on any atom is -0.0704 e. The first-order valence-electron chi connectivity index (χ1n) is 7.91. The van der Waals surface area contributed by atoms with Gasteiger partial charge in [-0.25, -0.2) is 0 Å². The third-order valence-electron chi connectivity index (χ3n) is 5.69. The van der Waals surface area contributed by atoms with E-state index in [1.54, 1.807) is 0 Å². The first kappa shape index (κ1) is 14.2. The maximum Gasteiger partial charge on any atom is 0.00116 e. The van der Waals surface area contributed by atoms with E-state index in [0.717, 1.165) is 0 Å². The molecule has 0 unspecified atom stereocenters. The van der Waals surface area contributed by atoms with Crippen LogP contribution in [0.5, 0.6) is 0 Å². The van der Waals surface area contributed by atoms with Crippen LogP contribution in [0.1, 0.15) is 86.5 Å². The molecule has 0 nitrogen and oxygen atoms in total. The lowest BCUT2D eigenvalue weighted by Gasteiger charge is -2.53. The Labute approximate surface area is 114 Å². The fourth-order valence-electron chi connectivity index (χ4n) is 5.26. The summed E-state index contributed by atoms with van der Waals surface area (Å²) in [7, 11) is 0. The molecular weight excluding hydrogens is 216 g/mol. The van der Waals surface area contributed by atoms with Gasteiger partial charge in [0.1, 0.15) is 0 Å². The van der Waals surface area contributed by atoms with Gasteiger partial charge in [0.25, 0.3) is 0 Å². The van der Waals surface area contributed by atoms with Gasteiger partial charge in [-0.1, -0.05) is 52.7 Å². The van der Waals surface area contributed by atoms with E-state index in [0.29, 0.717) is 16.2 Å². The van der Waals surface area contributed by atoms with Crippen LogP contribution in [0.4, 0.5) is 0 Å². The highest BCUT2D eigenvalue weighted by Crippen LogP contribution is 2.64. The second-order valence-electron chi connectivity index (χ2n) is 8.55. The van der Waals surface area contributed by atoms with E-state index in [1.165, 1.54) is 44.9 Å². The van der Waals surface area contributed by atoms with Crippen molar-refractivity contribution in [2.24, 2.45) is 16.2 Å². The summed E-state index contributed by atoms with van der Waals surface area (Å²) in [5.74, 6) is 0. The molecule has 0 aromatic rings. The molecule has 0 heteroatoms. The molecule has 0 bridgehead atoms. The lowest BCUT2D eigenvalue weighted by atomic mass is 9.51. The quantitative estimate of drug-likeness (QED) is 0.453. The van der Waals surface area contributed by atoms with E-state index in [2.05, 4.69) is 41.5 Å². The fraction of sp³-hybridized carbons (Fsp3) is 0.889. The van der Waals surface area contributed by atoms with Gasteiger partial charge in [0.2, 0.25) is 0 Å². The molecule has 0 aromatic carbocycles. The Kier molecular flexibility index (Phi) is 3.45. The van der Waals surface area contributed by atoms with Gasteiger partial charge in [-0.05, 0) is 55.8 Å². The normalized spacial score (nSPS) is 25.0. The lowest BCUT2D eigenvalue weighted by Crippen LogP contribution is -2.45. The van der Waals surface area contributed by atoms with Crippen LogP contribution in [-0.4, -0.2) is 0 Å². The lowest BCUT2D eigenvalue weighted by molar-refractivity contribution is 0.0105. The van der Waals surface area contributed by atoms with Crippen LogP contribution in [0.25, 0.3) is 0 Å². The Balaban J connectivity index is 2.56. The first-order valence-corrected chi connectivity index (χ1v) is 7.91. The topological polar surface area (TPSA) is 0 Å². The predicted molar refractivity (Wildman–Crippen MR) is 80.7 cm³/mol. The van der Waals surface area contributed by atoms with E-state index in [9.17, 15) is 0 Å². The molecule has 0 atom stereocenters. The van der Waals surface area contributed by atoms with Crippen molar-refractivity contribution in [1.82, 2.24) is 0 Å². The maximum atomic E-state index is 2.47. The number of hydrogen-bond acceptors (Lipinski definition) is 0. The standard InChI is InChI=1S/C18H32/c1-16(2,3)18(17(4,5)6)13-9-12-15(18)14-10-7-8-11-14/h7-13H2,1-6H3. The van der Waals surface area contributed by atoms with Crippen LogP contribution in [0.3, 0.4) is 0 Å². The zero-order chi connectivity index (χ0) is 13.6. The largest absolute Gasteiger partial charge is 0.0704 e. The fourth-order valence-corrected chi connectivity index (χ4v) is 5.26. The zero-order valence-corrected chi connectivity index (χ0v) is 13.4. The van der Waals surface area contributed by atoms with Crippen molar-refractivity contribution in [2.75, 3.05) is 0 Å². The predicted octanol–water partition coefficient (Wildman–Crippen LogP) is 6.12. The maximum absolute atomic E-state index is 2.47. The van der Waals surface area contributed by atoms with Crippen LogP contribution < -0.4 is 0 Å². The van der Waals surface area contributed by atoms with Crippen molar-refractivity contribution in [3.63, 3.8) is 0 Å². The summed E-state index contributed by atoms with van der Waals surface area (Å²) in [4.78, 5) is 0. The molecule has 18 heavy (non-hydrogen) atoms. The summed E-state index contributed by atoms with van der Waals surface area (Å²) < 4.78 is 0. The van der Waals surface area contributed by atoms with Gasteiger partial charge in [0.05, 0.1) is 0 Å². The smallest absolute Gasteiger partial charge is 0.00116 e.